The molecule has 0 saturated heterocycles. The first kappa shape index (κ1) is 10.9. The zero-order valence-electron chi connectivity index (χ0n) is 9.58. The lowest BCUT2D eigenvalue weighted by Gasteiger charge is -2.34. The molecule has 84 valence electrons. The number of carbonyl (C=O) groups is 1. The zero-order chi connectivity index (χ0) is 10.7. The number of hydrogen-bond acceptors (Lipinski definition) is 1. The zero-order valence-corrected chi connectivity index (χ0v) is 9.58. The van der Waals surface area contributed by atoms with Crippen LogP contribution < -0.4 is 0 Å². The summed E-state index contributed by atoms with van der Waals surface area (Å²) < 4.78 is 0. The van der Waals surface area contributed by atoms with Crippen molar-refractivity contribution in [2.45, 2.75) is 51.4 Å². The lowest BCUT2D eigenvalue weighted by Crippen LogP contribution is -2.25. The van der Waals surface area contributed by atoms with Crippen molar-refractivity contribution in [3.63, 3.8) is 0 Å². The van der Waals surface area contributed by atoms with E-state index in [1.165, 1.54) is 38.5 Å². The highest BCUT2D eigenvalue weighted by molar-refractivity contribution is 5.79. The van der Waals surface area contributed by atoms with Crippen LogP contribution in [-0.4, -0.2) is 5.78 Å². The van der Waals surface area contributed by atoms with Gasteiger partial charge in [-0.25, -0.2) is 0 Å². The minimum atomic E-state index is 0.492. The molecule has 0 atom stereocenters. The van der Waals surface area contributed by atoms with E-state index in [-0.39, 0.29) is 0 Å². The number of allylic oxidation sites excluding steroid dienone is 1. The van der Waals surface area contributed by atoms with Crippen molar-refractivity contribution in [3.05, 3.63) is 12.7 Å². The Morgan fingerprint density at radius 2 is 1.47 bits per heavy atom. The highest BCUT2D eigenvalue weighted by atomic mass is 16.1. The maximum atomic E-state index is 11.2. The Hall–Kier alpha value is -0.590. The number of rotatable bonds is 2. The molecule has 2 saturated carbocycles. The smallest absolute Gasteiger partial charge is 0.132 e. The lowest BCUT2D eigenvalue weighted by molar-refractivity contribution is -0.121. The number of Topliss-reactive ketones (excluding diaryl/α,β-unsaturated/α-hetero) is 1. The van der Waals surface area contributed by atoms with Crippen LogP contribution in [0, 0.1) is 17.8 Å². The summed E-state index contributed by atoms with van der Waals surface area (Å²) in [5.74, 6) is 3.03. The third-order valence-electron chi connectivity index (χ3n) is 4.40. The normalized spacial score (nSPS) is 34.0. The topological polar surface area (TPSA) is 17.1 Å². The maximum absolute atomic E-state index is 11.2. The predicted octanol–water partition coefficient (Wildman–Crippen LogP) is 3.74. The Morgan fingerprint density at radius 1 is 0.933 bits per heavy atom. The Kier molecular flexibility index (Phi) is 3.61. The van der Waals surface area contributed by atoms with Crippen LogP contribution in [0.2, 0.25) is 0 Å². The Morgan fingerprint density at radius 3 is 2.00 bits per heavy atom. The Balaban J connectivity index is 1.80. The summed E-state index contributed by atoms with van der Waals surface area (Å²) in [5.41, 5.74) is 0. The molecule has 0 heterocycles. The van der Waals surface area contributed by atoms with Gasteiger partial charge in [-0.15, -0.1) is 6.58 Å². The van der Waals surface area contributed by atoms with Crippen LogP contribution in [0.15, 0.2) is 12.7 Å². The molecular formula is C14H22O. The van der Waals surface area contributed by atoms with E-state index in [1.54, 1.807) is 0 Å². The van der Waals surface area contributed by atoms with Gasteiger partial charge in [0.2, 0.25) is 0 Å². The second-order valence-corrected chi connectivity index (χ2v) is 5.29. The molecule has 0 aromatic carbocycles. The summed E-state index contributed by atoms with van der Waals surface area (Å²) in [6, 6.07) is 0. The molecule has 0 aromatic rings. The van der Waals surface area contributed by atoms with Crippen LogP contribution >= 0.6 is 0 Å². The fourth-order valence-electron chi connectivity index (χ4n) is 3.29. The fraction of sp³-hybridized carbons (Fsp3) is 0.786. The molecule has 15 heavy (non-hydrogen) atoms. The molecular weight excluding hydrogens is 184 g/mol. The quantitative estimate of drug-likeness (QED) is 0.629. The van der Waals surface area contributed by atoms with E-state index >= 15 is 0 Å². The average molecular weight is 206 g/mol. The summed E-state index contributed by atoms with van der Waals surface area (Å²) in [6.07, 6.45) is 11.6. The van der Waals surface area contributed by atoms with Gasteiger partial charge >= 0.3 is 0 Å². The van der Waals surface area contributed by atoms with Crippen molar-refractivity contribution in [2.24, 2.45) is 17.8 Å². The number of ketones is 1. The van der Waals surface area contributed by atoms with Crippen LogP contribution in [-0.2, 0) is 4.79 Å². The van der Waals surface area contributed by atoms with Crippen molar-refractivity contribution >= 4 is 5.78 Å². The molecule has 2 aliphatic rings. The van der Waals surface area contributed by atoms with E-state index in [0.717, 1.165) is 30.6 Å². The van der Waals surface area contributed by atoms with E-state index in [4.69, 9.17) is 0 Å². The van der Waals surface area contributed by atoms with Crippen LogP contribution in [0.1, 0.15) is 51.4 Å². The molecule has 0 radical (unpaired) electrons. The standard InChI is InChI=1S/C14H22O/c1-2-11-3-5-12(6-4-11)13-7-9-14(15)10-8-13/h2,11-13H,1,3-10H2. The Bertz CT molecular complexity index is 226. The lowest BCUT2D eigenvalue weighted by atomic mass is 9.71. The van der Waals surface area contributed by atoms with Crippen LogP contribution in [0.3, 0.4) is 0 Å². The van der Waals surface area contributed by atoms with E-state index in [0.29, 0.717) is 5.78 Å². The van der Waals surface area contributed by atoms with Crippen molar-refractivity contribution in [3.8, 4) is 0 Å². The highest BCUT2D eigenvalue weighted by Gasteiger charge is 2.29. The summed E-state index contributed by atoms with van der Waals surface area (Å²) in [5, 5.41) is 0. The molecule has 1 heteroatoms. The first-order valence-electron chi connectivity index (χ1n) is 6.44. The SMILES string of the molecule is C=CC1CCC(C2CCC(=O)CC2)CC1. The van der Waals surface area contributed by atoms with Crippen molar-refractivity contribution in [2.75, 3.05) is 0 Å². The van der Waals surface area contributed by atoms with E-state index < -0.39 is 0 Å². The summed E-state index contributed by atoms with van der Waals surface area (Å²) >= 11 is 0. The molecule has 0 aromatic heterocycles. The first-order valence-corrected chi connectivity index (χ1v) is 6.44. The van der Waals surface area contributed by atoms with Gasteiger partial charge in [-0.2, -0.15) is 0 Å². The minimum absolute atomic E-state index is 0.492. The molecule has 0 unspecified atom stereocenters. The molecule has 2 aliphatic carbocycles. The summed E-state index contributed by atoms with van der Waals surface area (Å²) in [7, 11) is 0. The summed E-state index contributed by atoms with van der Waals surface area (Å²) in [6.45, 7) is 3.89. The molecule has 2 fully saturated rings. The molecule has 0 aliphatic heterocycles. The molecule has 0 spiro atoms. The molecule has 0 amide bonds. The van der Waals surface area contributed by atoms with Crippen LogP contribution in [0.4, 0.5) is 0 Å². The predicted molar refractivity (Wildman–Crippen MR) is 62.6 cm³/mol. The minimum Gasteiger partial charge on any atom is -0.300 e. The van der Waals surface area contributed by atoms with Gasteiger partial charge in [-0.3, -0.25) is 4.79 Å². The fourth-order valence-corrected chi connectivity index (χ4v) is 3.29. The molecule has 2 rings (SSSR count). The summed E-state index contributed by atoms with van der Waals surface area (Å²) in [4.78, 5) is 11.2. The van der Waals surface area contributed by atoms with Crippen LogP contribution in [0.5, 0.6) is 0 Å². The van der Waals surface area contributed by atoms with Crippen molar-refractivity contribution in [1.82, 2.24) is 0 Å². The third-order valence-corrected chi connectivity index (χ3v) is 4.40. The van der Waals surface area contributed by atoms with Gasteiger partial charge in [0, 0.05) is 12.8 Å². The van der Waals surface area contributed by atoms with Gasteiger partial charge in [-0.05, 0) is 56.3 Å². The van der Waals surface area contributed by atoms with Crippen molar-refractivity contribution < 1.29 is 4.79 Å². The largest absolute Gasteiger partial charge is 0.300 e. The van der Waals surface area contributed by atoms with Gasteiger partial charge < -0.3 is 0 Å². The second kappa shape index (κ2) is 4.96. The average Bonchev–Trinajstić information content (AvgIpc) is 2.30. The first-order chi connectivity index (χ1) is 7.29. The third kappa shape index (κ3) is 2.70. The van der Waals surface area contributed by atoms with Gasteiger partial charge in [0.25, 0.3) is 0 Å². The van der Waals surface area contributed by atoms with E-state index in [2.05, 4.69) is 12.7 Å². The molecule has 0 bridgehead atoms. The number of hydrogen-bond donors (Lipinski definition) is 0. The van der Waals surface area contributed by atoms with E-state index in [1.807, 2.05) is 0 Å². The van der Waals surface area contributed by atoms with Gasteiger partial charge in [0.1, 0.15) is 5.78 Å². The Labute approximate surface area is 92.9 Å². The molecule has 1 nitrogen and oxygen atoms in total. The molecule has 0 N–H and O–H groups in total. The van der Waals surface area contributed by atoms with Gasteiger partial charge in [0.15, 0.2) is 0 Å². The van der Waals surface area contributed by atoms with E-state index in [9.17, 15) is 4.79 Å². The van der Waals surface area contributed by atoms with Crippen LogP contribution in [0.25, 0.3) is 0 Å². The second-order valence-electron chi connectivity index (χ2n) is 5.29. The van der Waals surface area contributed by atoms with Gasteiger partial charge in [-0.1, -0.05) is 6.08 Å². The monoisotopic (exact) mass is 206 g/mol. The highest BCUT2D eigenvalue weighted by Crippen LogP contribution is 2.39. The number of carbonyl (C=O) groups excluding carboxylic acids is 1. The van der Waals surface area contributed by atoms with Gasteiger partial charge in [0.05, 0.1) is 0 Å². The maximum Gasteiger partial charge on any atom is 0.132 e. The van der Waals surface area contributed by atoms with Crippen molar-refractivity contribution in [1.29, 1.82) is 0 Å².